The lowest BCUT2D eigenvalue weighted by Crippen LogP contribution is -2.23. The van der Waals surface area contributed by atoms with Gasteiger partial charge in [0.25, 0.3) is 5.91 Å². The highest BCUT2D eigenvalue weighted by atomic mass is 32.2. The third-order valence-electron chi connectivity index (χ3n) is 2.11. The Kier molecular flexibility index (Phi) is 6.24. The molecule has 3 N–H and O–H groups in total. The number of nitrogens with one attached hydrogen (secondary N) is 1. The van der Waals surface area contributed by atoms with Crippen LogP contribution in [0.1, 0.15) is 30.4 Å². The van der Waals surface area contributed by atoms with Gasteiger partial charge in [-0.05, 0) is 19.6 Å². The Morgan fingerprint density at radius 3 is 2.84 bits per heavy atom. The number of carbonyl (C=O) groups is 1. The Morgan fingerprint density at radius 2 is 2.32 bits per heavy atom. The van der Waals surface area contributed by atoms with Crippen LogP contribution in [0.25, 0.3) is 0 Å². The van der Waals surface area contributed by atoms with E-state index < -0.39 is 0 Å². The van der Waals surface area contributed by atoms with Crippen molar-refractivity contribution in [2.24, 2.45) is 0 Å². The van der Waals surface area contributed by atoms with E-state index >= 15 is 0 Å². The highest BCUT2D eigenvalue weighted by Gasteiger charge is 2.22. The highest BCUT2D eigenvalue weighted by Crippen LogP contribution is 2.44. The molecule has 0 atom stereocenters. The Bertz CT molecular complexity index is 456. The van der Waals surface area contributed by atoms with E-state index in [2.05, 4.69) is 18.8 Å². The van der Waals surface area contributed by atoms with Crippen LogP contribution in [-0.4, -0.2) is 24.3 Å². The second kappa shape index (κ2) is 7.45. The van der Waals surface area contributed by atoms with Crippen molar-refractivity contribution in [3.8, 4) is 5.75 Å². The first-order valence-electron chi connectivity index (χ1n) is 6.12. The largest absolute Gasteiger partial charge is 0.487 e. The first-order valence-corrected chi connectivity index (χ1v) is 7.92. The van der Waals surface area contributed by atoms with Gasteiger partial charge in [-0.15, -0.1) is 29.7 Å². The number of ether oxygens (including phenoxy) is 1. The van der Waals surface area contributed by atoms with Gasteiger partial charge < -0.3 is 15.8 Å². The summed E-state index contributed by atoms with van der Waals surface area (Å²) in [6.45, 7) is 9.92. The lowest BCUT2D eigenvalue weighted by molar-refractivity contribution is 0.0962. The molecule has 0 spiro atoms. The van der Waals surface area contributed by atoms with Gasteiger partial charge in [0, 0.05) is 6.54 Å². The Hall–Kier alpha value is -1.14. The third-order valence-corrected chi connectivity index (χ3v) is 4.43. The molecule has 0 bridgehead atoms. The fourth-order valence-electron chi connectivity index (χ4n) is 1.39. The molecule has 4 nitrogen and oxygen atoms in total. The van der Waals surface area contributed by atoms with E-state index in [1.54, 1.807) is 17.8 Å². The number of nitrogen functional groups attached to an aromatic ring is 1. The maximum absolute atomic E-state index is 12.0. The maximum Gasteiger partial charge on any atom is 0.263 e. The first kappa shape index (κ1) is 15.9. The summed E-state index contributed by atoms with van der Waals surface area (Å²) in [5, 5.41) is 2.73. The summed E-state index contributed by atoms with van der Waals surface area (Å²) in [4.78, 5) is 12.5. The van der Waals surface area contributed by atoms with E-state index in [4.69, 9.17) is 10.5 Å². The number of thiophene rings is 1. The summed E-state index contributed by atoms with van der Waals surface area (Å²) in [6.07, 6.45) is 1.66. The Balaban J connectivity index is 3.05. The summed E-state index contributed by atoms with van der Waals surface area (Å²) >= 11 is 3.01. The van der Waals surface area contributed by atoms with E-state index in [1.165, 1.54) is 11.3 Å². The second-order valence-electron chi connectivity index (χ2n) is 4.06. The topological polar surface area (TPSA) is 64.3 Å². The molecule has 0 aliphatic carbocycles. The molecule has 0 saturated heterocycles. The van der Waals surface area contributed by atoms with Crippen molar-refractivity contribution in [3.05, 3.63) is 17.5 Å². The standard InChI is InChI=1S/C13H20N2O2S2/c1-5-7-15-12(16)11-9(14)10(17-8(3)4)13(19-11)18-6-2/h5,8H,1,6-7,14H2,2-4H3,(H,15,16). The van der Waals surface area contributed by atoms with Crippen LogP contribution in [0.3, 0.4) is 0 Å². The molecule has 0 unspecified atom stereocenters. The van der Waals surface area contributed by atoms with E-state index in [0.717, 1.165) is 9.96 Å². The van der Waals surface area contributed by atoms with Crippen molar-refractivity contribution < 1.29 is 9.53 Å². The molecule has 106 valence electrons. The van der Waals surface area contributed by atoms with Crippen molar-refractivity contribution in [1.29, 1.82) is 0 Å². The summed E-state index contributed by atoms with van der Waals surface area (Å²) in [5.74, 6) is 1.36. The van der Waals surface area contributed by atoms with Crippen LogP contribution >= 0.6 is 23.1 Å². The number of amides is 1. The summed E-state index contributed by atoms with van der Waals surface area (Å²) in [5.41, 5.74) is 6.47. The third kappa shape index (κ3) is 4.18. The molecule has 19 heavy (non-hydrogen) atoms. The van der Waals surface area contributed by atoms with E-state index in [9.17, 15) is 4.79 Å². The van der Waals surface area contributed by atoms with Crippen molar-refractivity contribution in [1.82, 2.24) is 5.32 Å². The van der Waals surface area contributed by atoms with Crippen LogP contribution in [0, 0.1) is 0 Å². The lowest BCUT2D eigenvalue weighted by Gasteiger charge is -2.11. The zero-order valence-corrected chi connectivity index (χ0v) is 13.1. The van der Waals surface area contributed by atoms with Crippen LogP contribution in [0.4, 0.5) is 5.69 Å². The normalized spacial score (nSPS) is 10.5. The summed E-state index contributed by atoms with van der Waals surface area (Å²) in [7, 11) is 0. The number of carbonyl (C=O) groups excluding carboxylic acids is 1. The number of anilines is 1. The molecule has 1 rings (SSSR count). The Labute approximate surface area is 122 Å². The van der Waals surface area contributed by atoms with Gasteiger partial charge in [-0.25, -0.2) is 0 Å². The van der Waals surface area contributed by atoms with Gasteiger partial charge in [-0.3, -0.25) is 4.79 Å². The van der Waals surface area contributed by atoms with E-state index in [1.807, 2.05) is 13.8 Å². The quantitative estimate of drug-likeness (QED) is 0.600. The predicted octanol–water partition coefficient (Wildman–Crippen LogP) is 3.15. The summed E-state index contributed by atoms with van der Waals surface area (Å²) in [6, 6.07) is 0. The summed E-state index contributed by atoms with van der Waals surface area (Å²) < 4.78 is 6.68. The van der Waals surface area contributed by atoms with Gasteiger partial charge in [0.15, 0.2) is 5.75 Å². The Morgan fingerprint density at radius 1 is 1.63 bits per heavy atom. The first-order chi connectivity index (χ1) is 9.01. The molecule has 0 radical (unpaired) electrons. The van der Waals surface area contributed by atoms with Gasteiger partial charge in [0.05, 0.1) is 11.8 Å². The number of hydrogen-bond acceptors (Lipinski definition) is 5. The molecule has 0 saturated carbocycles. The van der Waals surface area contributed by atoms with Crippen molar-refractivity contribution >= 4 is 34.7 Å². The zero-order valence-electron chi connectivity index (χ0n) is 11.5. The highest BCUT2D eigenvalue weighted by molar-refractivity contribution is 8.01. The van der Waals surface area contributed by atoms with E-state index in [-0.39, 0.29) is 12.0 Å². The van der Waals surface area contributed by atoms with Crippen LogP contribution in [0.15, 0.2) is 16.9 Å². The SMILES string of the molecule is C=CCNC(=O)c1sc(SCC)c(OC(C)C)c1N. The maximum atomic E-state index is 12.0. The fraction of sp³-hybridized carbons (Fsp3) is 0.462. The van der Waals surface area contributed by atoms with Gasteiger partial charge >= 0.3 is 0 Å². The van der Waals surface area contributed by atoms with Crippen molar-refractivity contribution in [2.75, 3.05) is 18.0 Å². The van der Waals surface area contributed by atoms with E-state index in [0.29, 0.717) is 22.9 Å². The molecule has 0 fully saturated rings. The lowest BCUT2D eigenvalue weighted by atomic mass is 10.3. The molecule has 0 aliphatic rings. The molecular formula is C13H20N2O2S2. The number of nitrogens with two attached hydrogens (primary N) is 1. The number of hydrogen-bond donors (Lipinski definition) is 2. The molecule has 6 heteroatoms. The van der Waals surface area contributed by atoms with Gasteiger partial charge in [-0.2, -0.15) is 0 Å². The molecular weight excluding hydrogens is 280 g/mol. The van der Waals surface area contributed by atoms with Gasteiger partial charge in [0.2, 0.25) is 0 Å². The molecule has 1 amide bonds. The van der Waals surface area contributed by atoms with Gasteiger partial charge in [-0.1, -0.05) is 13.0 Å². The zero-order chi connectivity index (χ0) is 14.4. The fourth-order valence-corrected chi connectivity index (χ4v) is 3.59. The minimum Gasteiger partial charge on any atom is -0.487 e. The van der Waals surface area contributed by atoms with Crippen LogP contribution in [0.2, 0.25) is 0 Å². The minimum absolute atomic E-state index is 0.0252. The molecule has 1 aromatic heterocycles. The van der Waals surface area contributed by atoms with Crippen molar-refractivity contribution in [2.45, 2.75) is 31.1 Å². The second-order valence-corrected chi connectivity index (χ2v) is 6.61. The van der Waals surface area contributed by atoms with Crippen LogP contribution < -0.4 is 15.8 Å². The van der Waals surface area contributed by atoms with Crippen LogP contribution in [-0.2, 0) is 0 Å². The molecule has 1 aromatic rings. The average Bonchev–Trinajstić information content (AvgIpc) is 2.65. The average molecular weight is 300 g/mol. The smallest absolute Gasteiger partial charge is 0.263 e. The minimum atomic E-state index is -0.182. The molecule has 1 heterocycles. The van der Waals surface area contributed by atoms with Crippen LogP contribution in [0.5, 0.6) is 5.75 Å². The number of rotatable bonds is 7. The molecule has 0 aromatic carbocycles. The van der Waals surface area contributed by atoms with Gasteiger partial charge in [0.1, 0.15) is 9.09 Å². The number of thioether (sulfide) groups is 1. The molecule has 0 aliphatic heterocycles. The predicted molar refractivity (Wildman–Crippen MR) is 83.4 cm³/mol. The monoisotopic (exact) mass is 300 g/mol. The van der Waals surface area contributed by atoms with Crippen molar-refractivity contribution in [3.63, 3.8) is 0 Å².